The molecule has 2 unspecified atom stereocenters. The predicted molar refractivity (Wildman–Crippen MR) is 84.4 cm³/mol. The average Bonchev–Trinajstić information content (AvgIpc) is 2.81. The molecule has 2 heterocycles. The van der Waals surface area contributed by atoms with Crippen LogP contribution in [0.4, 0.5) is 11.6 Å². The zero-order chi connectivity index (χ0) is 14.7. The van der Waals surface area contributed by atoms with Crippen molar-refractivity contribution >= 4 is 11.6 Å². The van der Waals surface area contributed by atoms with E-state index in [0.29, 0.717) is 12.0 Å². The van der Waals surface area contributed by atoms with Crippen molar-refractivity contribution < 1.29 is 0 Å². The quantitative estimate of drug-likeness (QED) is 0.890. The van der Waals surface area contributed by atoms with Gasteiger partial charge in [-0.05, 0) is 26.9 Å². The molecule has 1 aromatic heterocycles. The van der Waals surface area contributed by atoms with Crippen molar-refractivity contribution in [3.05, 3.63) is 11.9 Å². The SMILES string of the molecule is CCNc1cc(N2CC(C)C(N(C)C)C2)nc(CC)n1. The normalized spacial score (nSPS) is 22.6. The Morgan fingerprint density at radius 2 is 2.05 bits per heavy atom. The molecule has 2 rings (SSSR count). The highest BCUT2D eigenvalue weighted by Gasteiger charge is 2.31. The van der Waals surface area contributed by atoms with Crippen molar-refractivity contribution in [2.45, 2.75) is 33.2 Å². The summed E-state index contributed by atoms with van der Waals surface area (Å²) in [6.45, 7) is 9.50. The maximum atomic E-state index is 4.70. The number of hydrogen-bond acceptors (Lipinski definition) is 5. The van der Waals surface area contributed by atoms with Gasteiger partial charge in [0.05, 0.1) is 0 Å². The summed E-state index contributed by atoms with van der Waals surface area (Å²) in [6.07, 6.45) is 0.868. The number of nitrogens with one attached hydrogen (secondary N) is 1. The first-order valence-electron chi connectivity index (χ1n) is 7.58. The lowest BCUT2D eigenvalue weighted by Gasteiger charge is -2.23. The molecule has 1 N–H and O–H groups in total. The lowest BCUT2D eigenvalue weighted by atomic mass is 10.1. The molecule has 0 amide bonds. The highest BCUT2D eigenvalue weighted by atomic mass is 15.3. The first-order chi connectivity index (χ1) is 9.55. The summed E-state index contributed by atoms with van der Waals surface area (Å²) < 4.78 is 0. The Balaban J connectivity index is 2.22. The summed E-state index contributed by atoms with van der Waals surface area (Å²) in [5.41, 5.74) is 0. The van der Waals surface area contributed by atoms with E-state index in [1.807, 2.05) is 0 Å². The Morgan fingerprint density at radius 3 is 2.60 bits per heavy atom. The number of rotatable bonds is 5. The molecule has 1 aliphatic heterocycles. The van der Waals surface area contributed by atoms with Crippen molar-refractivity contribution in [1.29, 1.82) is 0 Å². The van der Waals surface area contributed by atoms with Crippen molar-refractivity contribution in [3.63, 3.8) is 0 Å². The van der Waals surface area contributed by atoms with E-state index in [2.05, 4.69) is 61.0 Å². The Morgan fingerprint density at radius 1 is 1.30 bits per heavy atom. The molecule has 0 saturated carbocycles. The Labute approximate surface area is 122 Å². The number of nitrogens with zero attached hydrogens (tertiary/aromatic N) is 4. The van der Waals surface area contributed by atoms with Crippen LogP contribution in [0.3, 0.4) is 0 Å². The number of likely N-dealkylation sites (N-methyl/N-ethyl adjacent to an activating group) is 1. The molecule has 112 valence electrons. The van der Waals surface area contributed by atoms with E-state index in [0.717, 1.165) is 43.5 Å². The summed E-state index contributed by atoms with van der Waals surface area (Å²) in [6, 6.07) is 2.67. The molecule has 0 aromatic carbocycles. The molecule has 0 aliphatic carbocycles. The van der Waals surface area contributed by atoms with Gasteiger partial charge in [-0.2, -0.15) is 0 Å². The zero-order valence-corrected chi connectivity index (χ0v) is 13.3. The van der Waals surface area contributed by atoms with Crippen LogP contribution in [0.2, 0.25) is 0 Å². The highest BCUT2D eigenvalue weighted by molar-refractivity contribution is 5.50. The third-order valence-corrected chi connectivity index (χ3v) is 3.99. The third-order valence-electron chi connectivity index (χ3n) is 3.99. The number of aryl methyl sites for hydroxylation is 1. The van der Waals surface area contributed by atoms with Gasteiger partial charge in [0.15, 0.2) is 0 Å². The van der Waals surface area contributed by atoms with E-state index in [9.17, 15) is 0 Å². The first-order valence-corrected chi connectivity index (χ1v) is 7.58. The summed E-state index contributed by atoms with van der Waals surface area (Å²) in [7, 11) is 4.32. The largest absolute Gasteiger partial charge is 0.370 e. The predicted octanol–water partition coefficient (Wildman–Crippen LogP) is 1.86. The summed E-state index contributed by atoms with van der Waals surface area (Å²) in [5, 5.41) is 3.30. The van der Waals surface area contributed by atoms with Crippen LogP contribution in [0, 0.1) is 5.92 Å². The monoisotopic (exact) mass is 277 g/mol. The molecular formula is C15H27N5. The molecule has 0 spiro atoms. The van der Waals surface area contributed by atoms with Crippen LogP contribution in [0.1, 0.15) is 26.6 Å². The Bertz CT molecular complexity index is 446. The summed E-state index contributed by atoms with van der Waals surface area (Å²) in [4.78, 5) is 13.9. The zero-order valence-electron chi connectivity index (χ0n) is 13.3. The number of aromatic nitrogens is 2. The first kappa shape index (κ1) is 15.0. The molecule has 1 saturated heterocycles. The third kappa shape index (κ3) is 3.20. The molecule has 2 atom stereocenters. The number of anilines is 2. The van der Waals surface area contributed by atoms with Gasteiger partial charge in [0.1, 0.15) is 17.5 Å². The summed E-state index contributed by atoms with van der Waals surface area (Å²) >= 11 is 0. The van der Waals surface area contributed by atoms with Crippen molar-refractivity contribution in [2.24, 2.45) is 5.92 Å². The molecule has 1 aromatic rings. The van der Waals surface area contributed by atoms with Gasteiger partial charge < -0.3 is 15.1 Å². The van der Waals surface area contributed by atoms with Crippen LogP contribution < -0.4 is 10.2 Å². The van der Waals surface area contributed by atoms with Crippen LogP contribution in [0.15, 0.2) is 6.07 Å². The van der Waals surface area contributed by atoms with Crippen LogP contribution in [0.25, 0.3) is 0 Å². The van der Waals surface area contributed by atoms with Crippen LogP contribution in [-0.4, -0.2) is 54.6 Å². The summed E-state index contributed by atoms with van der Waals surface area (Å²) in [5.74, 6) is 3.58. The van der Waals surface area contributed by atoms with E-state index >= 15 is 0 Å². The van der Waals surface area contributed by atoms with Gasteiger partial charge in [0.2, 0.25) is 0 Å². The molecule has 5 nitrogen and oxygen atoms in total. The Hall–Kier alpha value is -1.36. The van der Waals surface area contributed by atoms with E-state index in [1.165, 1.54) is 0 Å². The molecule has 0 bridgehead atoms. The van der Waals surface area contributed by atoms with E-state index in [-0.39, 0.29) is 0 Å². The molecule has 5 heteroatoms. The van der Waals surface area contributed by atoms with Crippen LogP contribution >= 0.6 is 0 Å². The smallest absolute Gasteiger partial charge is 0.134 e. The van der Waals surface area contributed by atoms with E-state index in [4.69, 9.17) is 4.98 Å². The molecule has 1 aliphatic rings. The Kier molecular flexibility index (Phi) is 4.81. The van der Waals surface area contributed by atoms with Gasteiger partial charge in [-0.3, -0.25) is 0 Å². The lowest BCUT2D eigenvalue weighted by molar-refractivity contribution is 0.266. The second-order valence-electron chi connectivity index (χ2n) is 5.82. The van der Waals surface area contributed by atoms with E-state index < -0.39 is 0 Å². The highest BCUT2D eigenvalue weighted by Crippen LogP contribution is 2.26. The second kappa shape index (κ2) is 6.39. The van der Waals surface area contributed by atoms with Gasteiger partial charge in [0, 0.05) is 38.2 Å². The minimum atomic E-state index is 0.595. The van der Waals surface area contributed by atoms with Crippen molar-refractivity contribution in [1.82, 2.24) is 14.9 Å². The van der Waals surface area contributed by atoms with Gasteiger partial charge >= 0.3 is 0 Å². The maximum Gasteiger partial charge on any atom is 0.134 e. The fraction of sp³-hybridized carbons (Fsp3) is 0.733. The van der Waals surface area contributed by atoms with Crippen molar-refractivity contribution in [2.75, 3.05) is 43.9 Å². The minimum absolute atomic E-state index is 0.595. The fourth-order valence-corrected chi connectivity index (χ4v) is 2.88. The van der Waals surface area contributed by atoms with Crippen molar-refractivity contribution in [3.8, 4) is 0 Å². The van der Waals surface area contributed by atoms with E-state index in [1.54, 1.807) is 0 Å². The molecule has 20 heavy (non-hydrogen) atoms. The fourth-order valence-electron chi connectivity index (χ4n) is 2.88. The molecule has 0 radical (unpaired) electrons. The van der Waals surface area contributed by atoms with Gasteiger partial charge in [0.25, 0.3) is 0 Å². The number of hydrogen-bond donors (Lipinski definition) is 1. The topological polar surface area (TPSA) is 44.3 Å². The van der Waals surface area contributed by atoms with Gasteiger partial charge in [-0.25, -0.2) is 9.97 Å². The molecular weight excluding hydrogens is 250 g/mol. The average molecular weight is 277 g/mol. The van der Waals surface area contributed by atoms with Gasteiger partial charge in [-0.1, -0.05) is 13.8 Å². The lowest BCUT2D eigenvalue weighted by Crippen LogP contribution is -2.34. The maximum absolute atomic E-state index is 4.70. The second-order valence-corrected chi connectivity index (χ2v) is 5.82. The molecule has 1 fully saturated rings. The minimum Gasteiger partial charge on any atom is -0.370 e. The standard InChI is InChI=1S/C15H27N5/c1-6-13-17-14(16-7-2)8-15(18-13)20-9-11(3)12(10-20)19(4)5/h8,11-12H,6-7,9-10H2,1-5H3,(H,16,17,18). The van der Waals surface area contributed by atoms with Crippen LogP contribution in [0.5, 0.6) is 0 Å². The van der Waals surface area contributed by atoms with Crippen LogP contribution in [-0.2, 0) is 6.42 Å². The van der Waals surface area contributed by atoms with Gasteiger partial charge in [-0.15, -0.1) is 0 Å².